The molecule has 0 aliphatic carbocycles. The summed E-state index contributed by atoms with van der Waals surface area (Å²) in [6, 6.07) is 18.3. The van der Waals surface area contributed by atoms with Crippen molar-refractivity contribution >= 4 is 40.1 Å². The van der Waals surface area contributed by atoms with Crippen molar-refractivity contribution < 1.29 is 18.7 Å². The van der Waals surface area contributed by atoms with Crippen LogP contribution in [0.25, 0.3) is 11.0 Å². The van der Waals surface area contributed by atoms with Crippen LogP contribution in [0.4, 0.5) is 5.69 Å². The lowest BCUT2D eigenvalue weighted by molar-refractivity contribution is -0.126. The van der Waals surface area contributed by atoms with Crippen LogP contribution >= 0.6 is 11.6 Å². The number of hydrogen-bond acceptors (Lipinski definition) is 5. The molecule has 0 bridgehead atoms. The second-order valence-corrected chi connectivity index (χ2v) is 11.3. The third kappa shape index (κ3) is 3.44. The summed E-state index contributed by atoms with van der Waals surface area (Å²) in [6.45, 7) is 4.88. The summed E-state index contributed by atoms with van der Waals surface area (Å²) in [5, 5.41) is 0.955. The van der Waals surface area contributed by atoms with Gasteiger partial charge in [-0.3, -0.25) is 14.4 Å². The molecule has 1 spiro atoms. The zero-order valence-electron chi connectivity index (χ0n) is 22.2. The van der Waals surface area contributed by atoms with E-state index in [1.54, 1.807) is 29.2 Å². The highest BCUT2D eigenvalue weighted by Crippen LogP contribution is 2.53. The van der Waals surface area contributed by atoms with Crippen LogP contribution in [0.5, 0.6) is 0 Å². The van der Waals surface area contributed by atoms with E-state index in [-0.39, 0.29) is 41.9 Å². The minimum absolute atomic E-state index is 0.0738. The highest BCUT2D eigenvalue weighted by atomic mass is 35.5. The van der Waals surface area contributed by atoms with Crippen LogP contribution in [0.2, 0.25) is 5.02 Å². The van der Waals surface area contributed by atoms with E-state index in [2.05, 4.69) is 0 Å². The quantitative estimate of drug-likeness (QED) is 0.333. The van der Waals surface area contributed by atoms with Crippen molar-refractivity contribution in [2.24, 2.45) is 0 Å². The SMILES string of the molecule is Cc1cc2oc3c(c(=O)c2cc1C)C1(C(=O)N(Cc2ccc(Cl)cc2)c2ccccc21)N(CC1CCCO1)C3=O. The molecule has 7 rings (SSSR count). The molecule has 40 heavy (non-hydrogen) atoms. The fraction of sp³-hybridized carbons (Fsp3) is 0.281. The van der Waals surface area contributed by atoms with Crippen LogP contribution in [0.1, 0.15) is 51.2 Å². The number of aryl methyl sites for hydroxylation is 2. The van der Waals surface area contributed by atoms with Crippen molar-refractivity contribution in [3.8, 4) is 0 Å². The zero-order chi connectivity index (χ0) is 27.8. The number of nitrogens with zero attached hydrogens (tertiary/aromatic N) is 2. The Kier molecular flexibility index (Phi) is 5.67. The number of amides is 2. The summed E-state index contributed by atoms with van der Waals surface area (Å²) in [5.74, 6) is -0.904. The van der Waals surface area contributed by atoms with Crippen LogP contribution in [0, 0.1) is 13.8 Å². The van der Waals surface area contributed by atoms with E-state index >= 15 is 0 Å². The lowest BCUT2D eigenvalue weighted by atomic mass is 9.83. The number of halogens is 1. The fourth-order valence-electron chi connectivity index (χ4n) is 6.42. The first kappa shape index (κ1) is 25.1. The zero-order valence-corrected chi connectivity index (χ0v) is 23.0. The molecule has 3 aromatic carbocycles. The molecule has 0 saturated carbocycles. The van der Waals surface area contributed by atoms with Crippen molar-refractivity contribution in [2.45, 2.75) is 44.9 Å². The largest absolute Gasteiger partial charge is 0.450 e. The number of fused-ring (bicyclic) bond motifs is 5. The van der Waals surface area contributed by atoms with Crippen molar-refractivity contribution in [2.75, 3.05) is 18.1 Å². The molecule has 0 N–H and O–H groups in total. The van der Waals surface area contributed by atoms with Gasteiger partial charge in [-0.2, -0.15) is 0 Å². The Morgan fingerprint density at radius 1 is 1.00 bits per heavy atom. The summed E-state index contributed by atoms with van der Waals surface area (Å²) in [5.41, 5.74) is 2.40. The number of carbonyl (C=O) groups is 2. The molecule has 1 saturated heterocycles. The molecule has 2 unspecified atom stereocenters. The standard InChI is InChI=1S/C32H27ClN2O5/c1-18-14-23-26(15-19(18)2)40-29-27(28(23)36)32(35(30(29)37)17-22-6-5-13-39-22)24-7-3-4-8-25(24)34(31(32)38)16-20-9-11-21(33)12-10-20/h3-4,7-12,14-15,22H,5-6,13,16-17H2,1-2H3. The number of ether oxygens (including phenoxy) is 1. The molecule has 202 valence electrons. The molecular weight excluding hydrogens is 528 g/mol. The van der Waals surface area contributed by atoms with E-state index in [1.165, 1.54) is 4.90 Å². The molecule has 1 fully saturated rings. The maximum atomic E-state index is 14.8. The summed E-state index contributed by atoms with van der Waals surface area (Å²) in [6.07, 6.45) is 1.40. The number of benzene rings is 3. The molecule has 2 atom stereocenters. The van der Waals surface area contributed by atoms with Crippen molar-refractivity contribution in [3.63, 3.8) is 0 Å². The van der Waals surface area contributed by atoms with Gasteiger partial charge in [-0.15, -0.1) is 0 Å². The first-order chi connectivity index (χ1) is 19.3. The third-order valence-electron chi connectivity index (χ3n) is 8.52. The van der Waals surface area contributed by atoms with E-state index in [0.717, 1.165) is 29.5 Å². The maximum absolute atomic E-state index is 14.8. The van der Waals surface area contributed by atoms with Gasteiger partial charge in [0.25, 0.3) is 11.8 Å². The lowest BCUT2D eigenvalue weighted by Crippen LogP contribution is -2.55. The van der Waals surface area contributed by atoms with Gasteiger partial charge in [-0.25, -0.2) is 0 Å². The van der Waals surface area contributed by atoms with Gasteiger partial charge in [0.1, 0.15) is 5.58 Å². The van der Waals surface area contributed by atoms with Gasteiger partial charge in [-0.1, -0.05) is 41.9 Å². The predicted octanol–water partition coefficient (Wildman–Crippen LogP) is 5.49. The second-order valence-electron chi connectivity index (χ2n) is 10.9. The van der Waals surface area contributed by atoms with E-state index in [4.69, 9.17) is 20.8 Å². The number of hydrogen-bond donors (Lipinski definition) is 0. The van der Waals surface area contributed by atoms with Crippen LogP contribution in [-0.4, -0.2) is 36.0 Å². The van der Waals surface area contributed by atoms with Crippen molar-refractivity contribution in [3.05, 3.63) is 109 Å². The Balaban J connectivity index is 1.50. The van der Waals surface area contributed by atoms with Gasteiger partial charge < -0.3 is 19.0 Å². The lowest BCUT2D eigenvalue weighted by Gasteiger charge is -2.35. The van der Waals surface area contributed by atoms with Gasteiger partial charge >= 0.3 is 0 Å². The summed E-state index contributed by atoms with van der Waals surface area (Å²) in [7, 11) is 0. The minimum Gasteiger partial charge on any atom is -0.450 e. The predicted molar refractivity (Wildman–Crippen MR) is 152 cm³/mol. The average molecular weight is 555 g/mol. The normalized spacial score (nSPS) is 21.6. The smallest absolute Gasteiger partial charge is 0.291 e. The van der Waals surface area contributed by atoms with Crippen LogP contribution in [-0.2, 0) is 21.6 Å². The van der Waals surface area contributed by atoms with Gasteiger partial charge in [-0.05, 0) is 73.7 Å². The first-order valence-electron chi connectivity index (χ1n) is 13.5. The molecule has 7 nitrogen and oxygen atoms in total. The minimum atomic E-state index is -1.66. The third-order valence-corrected chi connectivity index (χ3v) is 8.77. The van der Waals surface area contributed by atoms with E-state index < -0.39 is 11.4 Å². The van der Waals surface area contributed by atoms with E-state index in [0.29, 0.717) is 33.8 Å². The summed E-state index contributed by atoms with van der Waals surface area (Å²) >= 11 is 6.11. The summed E-state index contributed by atoms with van der Waals surface area (Å²) < 4.78 is 12.1. The molecular formula is C32H27ClN2O5. The highest BCUT2D eigenvalue weighted by Gasteiger charge is 2.65. The average Bonchev–Trinajstić information content (AvgIpc) is 3.61. The second kappa shape index (κ2) is 9.04. The maximum Gasteiger partial charge on any atom is 0.291 e. The molecule has 4 heterocycles. The van der Waals surface area contributed by atoms with Crippen molar-refractivity contribution in [1.29, 1.82) is 0 Å². The van der Waals surface area contributed by atoms with Crippen molar-refractivity contribution in [1.82, 2.24) is 4.90 Å². The molecule has 8 heteroatoms. The molecule has 1 aromatic heterocycles. The number of anilines is 1. The molecule has 3 aliphatic rings. The van der Waals surface area contributed by atoms with Gasteiger partial charge in [0.2, 0.25) is 5.76 Å². The topological polar surface area (TPSA) is 80.1 Å². The number of carbonyl (C=O) groups excluding carboxylic acids is 2. The van der Waals surface area contributed by atoms with Crippen LogP contribution in [0.15, 0.2) is 69.9 Å². The molecule has 4 aromatic rings. The monoisotopic (exact) mass is 554 g/mol. The number of rotatable bonds is 4. The Bertz CT molecular complexity index is 1770. The Morgan fingerprint density at radius 2 is 1.75 bits per heavy atom. The molecule has 3 aliphatic heterocycles. The van der Waals surface area contributed by atoms with E-state index in [9.17, 15) is 14.4 Å². The van der Waals surface area contributed by atoms with E-state index in [1.807, 2.05) is 50.2 Å². The highest BCUT2D eigenvalue weighted by molar-refractivity contribution is 6.30. The Morgan fingerprint density at radius 3 is 2.50 bits per heavy atom. The number of para-hydroxylation sites is 1. The summed E-state index contributed by atoms with van der Waals surface area (Å²) in [4.78, 5) is 46.6. The fourth-order valence-corrected chi connectivity index (χ4v) is 6.54. The molecule has 2 amide bonds. The Labute approximate surface area is 235 Å². The van der Waals surface area contributed by atoms with Crippen LogP contribution in [0.3, 0.4) is 0 Å². The van der Waals surface area contributed by atoms with Gasteiger partial charge in [0.15, 0.2) is 11.0 Å². The molecule has 0 radical (unpaired) electrons. The van der Waals surface area contributed by atoms with Gasteiger partial charge in [0, 0.05) is 23.7 Å². The van der Waals surface area contributed by atoms with Crippen LogP contribution < -0.4 is 10.3 Å². The van der Waals surface area contributed by atoms with Gasteiger partial charge in [0.05, 0.1) is 29.3 Å². The Hall–Kier alpha value is -3.94. The first-order valence-corrected chi connectivity index (χ1v) is 13.9.